The smallest absolute Gasteiger partial charge is 0.231 e. The molecular formula is C19H17NO5. The summed E-state index contributed by atoms with van der Waals surface area (Å²) < 4.78 is 16.3. The van der Waals surface area contributed by atoms with Gasteiger partial charge in [-0.25, -0.2) is 0 Å². The third-order valence-electron chi connectivity index (χ3n) is 4.35. The minimum Gasteiger partial charge on any atom is -0.508 e. The second-order valence-electron chi connectivity index (χ2n) is 5.89. The first-order valence-corrected chi connectivity index (χ1v) is 8.00. The highest BCUT2D eigenvalue weighted by atomic mass is 16.7. The molecule has 0 fully saturated rings. The Morgan fingerprint density at radius 3 is 2.64 bits per heavy atom. The molecule has 1 aromatic heterocycles. The van der Waals surface area contributed by atoms with Gasteiger partial charge in [0.15, 0.2) is 17.3 Å². The predicted octanol–water partition coefficient (Wildman–Crippen LogP) is 4.02. The molecule has 2 heterocycles. The first-order chi connectivity index (χ1) is 12.1. The number of ether oxygens (including phenoxy) is 2. The number of rotatable bonds is 3. The highest BCUT2D eigenvalue weighted by molar-refractivity contribution is 5.85. The van der Waals surface area contributed by atoms with Crippen LogP contribution in [0.3, 0.4) is 0 Å². The largest absolute Gasteiger partial charge is 0.508 e. The van der Waals surface area contributed by atoms with Crippen LogP contribution in [0, 0.1) is 6.92 Å². The standard InChI is InChI=1S/C19H17NO5/c1-3-11-6-13(15(22)8-14(11)21)19-18(10(2)20-25-19)12-4-5-16-17(7-12)24-9-23-16/h4-8,21-22H,3,9H2,1-2H3. The van der Waals surface area contributed by atoms with Crippen molar-refractivity contribution in [3.05, 3.63) is 41.6 Å². The zero-order valence-corrected chi connectivity index (χ0v) is 13.9. The average molecular weight is 339 g/mol. The zero-order valence-electron chi connectivity index (χ0n) is 13.9. The van der Waals surface area contributed by atoms with Gasteiger partial charge in [-0.1, -0.05) is 18.1 Å². The van der Waals surface area contributed by atoms with Gasteiger partial charge in [0, 0.05) is 6.07 Å². The molecule has 25 heavy (non-hydrogen) atoms. The van der Waals surface area contributed by atoms with Crippen molar-refractivity contribution in [3.63, 3.8) is 0 Å². The van der Waals surface area contributed by atoms with E-state index < -0.39 is 0 Å². The number of phenolic OH excluding ortho intramolecular Hbond substituents is 2. The Bertz CT molecular complexity index is 961. The van der Waals surface area contributed by atoms with Crippen molar-refractivity contribution in [2.45, 2.75) is 20.3 Å². The molecular weight excluding hydrogens is 322 g/mol. The number of aromatic nitrogens is 1. The van der Waals surface area contributed by atoms with Gasteiger partial charge in [0.25, 0.3) is 0 Å². The van der Waals surface area contributed by atoms with Crippen molar-refractivity contribution in [1.29, 1.82) is 0 Å². The maximum atomic E-state index is 10.3. The number of nitrogens with zero attached hydrogens (tertiary/aromatic N) is 1. The molecule has 0 spiro atoms. The molecule has 1 aliphatic rings. The van der Waals surface area contributed by atoms with Gasteiger partial charge in [-0.15, -0.1) is 0 Å². The van der Waals surface area contributed by atoms with Crippen LogP contribution in [0.4, 0.5) is 0 Å². The lowest BCUT2D eigenvalue weighted by Crippen LogP contribution is -1.92. The summed E-state index contributed by atoms with van der Waals surface area (Å²) in [4.78, 5) is 0. The van der Waals surface area contributed by atoms with Crippen LogP contribution in [0.1, 0.15) is 18.2 Å². The van der Waals surface area contributed by atoms with E-state index in [-0.39, 0.29) is 18.3 Å². The summed E-state index contributed by atoms with van der Waals surface area (Å²) in [6.07, 6.45) is 0.631. The molecule has 0 unspecified atom stereocenters. The van der Waals surface area contributed by atoms with Gasteiger partial charge in [-0.3, -0.25) is 0 Å². The number of aryl methyl sites for hydroxylation is 2. The van der Waals surface area contributed by atoms with Crippen LogP contribution in [0.25, 0.3) is 22.5 Å². The lowest BCUT2D eigenvalue weighted by molar-refractivity contribution is 0.174. The van der Waals surface area contributed by atoms with Crippen molar-refractivity contribution >= 4 is 0 Å². The molecule has 3 aromatic rings. The molecule has 0 radical (unpaired) electrons. The molecule has 0 atom stereocenters. The van der Waals surface area contributed by atoms with Gasteiger partial charge >= 0.3 is 0 Å². The van der Waals surface area contributed by atoms with Crippen molar-refractivity contribution < 1.29 is 24.2 Å². The number of hydrogen-bond acceptors (Lipinski definition) is 6. The van der Waals surface area contributed by atoms with E-state index in [1.807, 2.05) is 32.0 Å². The van der Waals surface area contributed by atoms with E-state index in [0.29, 0.717) is 34.9 Å². The fraction of sp³-hybridized carbons (Fsp3) is 0.211. The summed E-state index contributed by atoms with van der Waals surface area (Å²) in [6, 6.07) is 8.65. The molecule has 0 bridgehead atoms. The molecule has 2 aromatic carbocycles. The summed E-state index contributed by atoms with van der Waals surface area (Å²) in [5, 5.41) is 24.3. The highest BCUT2D eigenvalue weighted by Gasteiger charge is 2.23. The fourth-order valence-electron chi connectivity index (χ4n) is 3.03. The van der Waals surface area contributed by atoms with Crippen LogP contribution >= 0.6 is 0 Å². The molecule has 0 aliphatic carbocycles. The number of phenols is 2. The van der Waals surface area contributed by atoms with E-state index >= 15 is 0 Å². The third kappa shape index (κ3) is 2.46. The maximum absolute atomic E-state index is 10.3. The second kappa shape index (κ2) is 5.73. The Kier molecular flexibility index (Phi) is 3.53. The Hall–Kier alpha value is -3.15. The van der Waals surface area contributed by atoms with Crippen LogP contribution in [0.2, 0.25) is 0 Å². The first kappa shape index (κ1) is 15.4. The second-order valence-corrected chi connectivity index (χ2v) is 5.89. The van der Waals surface area contributed by atoms with Gasteiger partial charge in [0.2, 0.25) is 6.79 Å². The van der Waals surface area contributed by atoms with E-state index in [1.54, 1.807) is 6.07 Å². The van der Waals surface area contributed by atoms with Crippen LogP contribution in [0.5, 0.6) is 23.0 Å². The molecule has 6 heteroatoms. The molecule has 0 saturated heterocycles. The average Bonchev–Trinajstić information content (AvgIpc) is 3.20. The molecule has 1 aliphatic heterocycles. The van der Waals surface area contributed by atoms with E-state index in [9.17, 15) is 10.2 Å². The maximum Gasteiger partial charge on any atom is 0.231 e. The molecule has 6 nitrogen and oxygen atoms in total. The van der Waals surface area contributed by atoms with Crippen LogP contribution in [0.15, 0.2) is 34.9 Å². The van der Waals surface area contributed by atoms with Crippen molar-refractivity contribution in [1.82, 2.24) is 5.16 Å². The quantitative estimate of drug-likeness (QED) is 0.750. The Morgan fingerprint density at radius 2 is 1.84 bits per heavy atom. The van der Waals surface area contributed by atoms with Crippen LogP contribution < -0.4 is 9.47 Å². The van der Waals surface area contributed by atoms with Gasteiger partial charge < -0.3 is 24.2 Å². The monoisotopic (exact) mass is 339 g/mol. The number of benzene rings is 2. The summed E-state index contributed by atoms with van der Waals surface area (Å²) >= 11 is 0. The Balaban J connectivity index is 1.89. The predicted molar refractivity (Wildman–Crippen MR) is 90.9 cm³/mol. The first-order valence-electron chi connectivity index (χ1n) is 8.00. The third-order valence-corrected chi connectivity index (χ3v) is 4.35. The van der Waals surface area contributed by atoms with Crippen LogP contribution in [-0.4, -0.2) is 22.2 Å². The summed E-state index contributed by atoms with van der Waals surface area (Å²) in [6.45, 7) is 3.97. The van der Waals surface area contributed by atoms with E-state index in [4.69, 9.17) is 14.0 Å². The van der Waals surface area contributed by atoms with Gasteiger partial charge in [0.05, 0.1) is 16.8 Å². The van der Waals surface area contributed by atoms with E-state index in [1.165, 1.54) is 6.07 Å². The lowest BCUT2D eigenvalue weighted by Gasteiger charge is -2.09. The lowest BCUT2D eigenvalue weighted by atomic mass is 9.97. The topological polar surface area (TPSA) is 85.0 Å². The fourth-order valence-corrected chi connectivity index (χ4v) is 3.03. The minimum absolute atomic E-state index is 0.0598. The molecule has 0 saturated carbocycles. The number of hydrogen-bond donors (Lipinski definition) is 2. The summed E-state index contributed by atoms with van der Waals surface area (Å²) in [5.74, 6) is 1.80. The Labute approximate surface area is 144 Å². The van der Waals surface area contributed by atoms with Crippen molar-refractivity contribution in [2.75, 3.05) is 6.79 Å². The van der Waals surface area contributed by atoms with E-state index in [0.717, 1.165) is 16.7 Å². The summed E-state index contributed by atoms with van der Waals surface area (Å²) in [7, 11) is 0. The molecule has 128 valence electrons. The van der Waals surface area contributed by atoms with Crippen molar-refractivity contribution in [2.24, 2.45) is 0 Å². The highest BCUT2D eigenvalue weighted by Crippen LogP contribution is 2.43. The molecule has 4 rings (SSSR count). The Morgan fingerprint density at radius 1 is 1.04 bits per heavy atom. The number of aromatic hydroxyl groups is 2. The van der Waals surface area contributed by atoms with Gasteiger partial charge in [-0.05, 0) is 42.7 Å². The molecule has 0 amide bonds. The zero-order chi connectivity index (χ0) is 17.6. The van der Waals surface area contributed by atoms with E-state index in [2.05, 4.69) is 5.16 Å². The normalized spacial score (nSPS) is 12.6. The SMILES string of the molecule is CCc1cc(-c2onc(C)c2-c2ccc3c(c2)OCO3)c(O)cc1O. The number of fused-ring (bicyclic) bond motifs is 1. The molecule has 2 N–H and O–H groups in total. The summed E-state index contributed by atoms with van der Waals surface area (Å²) in [5.41, 5.74) is 3.52. The van der Waals surface area contributed by atoms with Gasteiger partial charge in [0.1, 0.15) is 11.5 Å². The van der Waals surface area contributed by atoms with Gasteiger partial charge in [-0.2, -0.15) is 0 Å². The van der Waals surface area contributed by atoms with Crippen molar-refractivity contribution in [3.8, 4) is 45.4 Å². The van der Waals surface area contributed by atoms with Crippen LogP contribution in [-0.2, 0) is 6.42 Å². The minimum atomic E-state index is -0.0622.